The van der Waals surface area contributed by atoms with Crippen LogP contribution in [0.3, 0.4) is 0 Å². The molecule has 0 radical (unpaired) electrons. The van der Waals surface area contributed by atoms with Crippen LogP contribution in [-0.4, -0.2) is 15.3 Å². The van der Waals surface area contributed by atoms with E-state index in [1.54, 1.807) is 24.3 Å². The Hall–Kier alpha value is -3.80. The number of amides is 1. The fourth-order valence-electron chi connectivity index (χ4n) is 2.92. The zero-order valence-corrected chi connectivity index (χ0v) is 14.7. The molecule has 27 heavy (non-hydrogen) atoms. The summed E-state index contributed by atoms with van der Waals surface area (Å²) in [6, 6.07) is 22.5. The second-order valence-electron chi connectivity index (χ2n) is 6.12. The molecule has 0 aliphatic heterocycles. The average molecular weight is 355 g/mol. The normalized spacial score (nSPS) is 11.3. The lowest BCUT2D eigenvalue weighted by Gasteiger charge is -2.02. The molecule has 0 saturated heterocycles. The fraction of sp³-hybridized carbons (Fsp3) is 0.0476. The van der Waals surface area contributed by atoms with Crippen molar-refractivity contribution >= 4 is 23.1 Å². The van der Waals surface area contributed by atoms with Gasteiger partial charge in [0.05, 0.1) is 5.69 Å². The number of benzene rings is 2. The molecule has 0 bridgehead atoms. The second kappa shape index (κ2) is 6.84. The lowest BCUT2D eigenvalue weighted by Crippen LogP contribution is -2.10. The van der Waals surface area contributed by atoms with Crippen molar-refractivity contribution in [2.24, 2.45) is 16.0 Å². The molecule has 4 rings (SSSR count). The second-order valence-corrected chi connectivity index (χ2v) is 6.12. The maximum Gasteiger partial charge on any atom is 0.248 e. The summed E-state index contributed by atoms with van der Waals surface area (Å²) < 4.78 is 1.98. The number of nitrogens with zero attached hydrogens (tertiary/aromatic N) is 4. The number of carbonyl (C=O) groups is 1. The van der Waals surface area contributed by atoms with E-state index in [0.29, 0.717) is 17.1 Å². The standard InChI is InChI=1S/C21H17N5O/c1-14-6-5-9-18-23-19(15-7-3-2-4-8-15)21(26(14)18)25-24-17-12-10-16(11-13-17)20(22)27/h2-13H,1H3,(H2,22,27). The molecule has 0 saturated carbocycles. The van der Waals surface area contributed by atoms with Crippen LogP contribution < -0.4 is 5.73 Å². The number of rotatable bonds is 4. The van der Waals surface area contributed by atoms with Gasteiger partial charge in [0.25, 0.3) is 0 Å². The van der Waals surface area contributed by atoms with E-state index in [4.69, 9.17) is 10.7 Å². The number of azo groups is 1. The average Bonchev–Trinajstić information content (AvgIpc) is 3.07. The van der Waals surface area contributed by atoms with Gasteiger partial charge < -0.3 is 5.73 Å². The van der Waals surface area contributed by atoms with Crippen LogP contribution in [0.15, 0.2) is 83.0 Å². The first-order chi connectivity index (χ1) is 13.1. The molecule has 0 unspecified atom stereocenters. The van der Waals surface area contributed by atoms with E-state index in [0.717, 1.165) is 22.6 Å². The summed E-state index contributed by atoms with van der Waals surface area (Å²) in [6.45, 7) is 2.00. The third-order valence-electron chi connectivity index (χ3n) is 4.27. The summed E-state index contributed by atoms with van der Waals surface area (Å²) in [5, 5.41) is 8.82. The van der Waals surface area contributed by atoms with Gasteiger partial charge >= 0.3 is 0 Å². The highest BCUT2D eigenvalue weighted by molar-refractivity contribution is 5.93. The minimum Gasteiger partial charge on any atom is -0.366 e. The van der Waals surface area contributed by atoms with Gasteiger partial charge in [-0.15, -0.1) is 10.2 Å². The van der Waals surface area contributed by atoms with Crippen LogP contribution >= 0.6 is 0 Å². The molecule has 1 amide bonds. The van der Waals surface area contributed by atoms with Gasteiger partial charge in [0.2, 0.25) is 5.91 Å². The molecule has 0 fully saturated rings. The predicted molar refractivity (Wildman–Crippen MR) is 105 cm³/mol. The quantitative estimate of drug-likeness (QED) is 0.532. The van der Waals surface area contributed by atoms with E-state index >= 15 is 0 Å². The van der Waals surface area contributed by atoms with Gasteiger partial charge in [0.15, 0.2) is 5.82 Å². The Labute approximate surface area is 156 Å². The molecule has 4 aromatic rings. The molecule has 0 aliphatic carbocycles. The maximum atomic E-state index is 11.2. The molecular formula is C21H17N5O. The molecule has 2 N–H and O–H groups in total. The number of nitrogens with two attached hydrogens (primary N) is 1. The summed E-state index contributed by atoms with van der Waals surface area (Å²) in [4.78, 5) is 15.9. The van der Waals surface area contributed by atoms with Gasteiger partial charge in [-0.25, -0.2) is 4.98 Å². The van der Waals surface area contributed by atoms with Crippen molar-refractivity contribution in [2.45, 2.75) is 6.92 Å². The number of imidazole rings is 1. The van der Waals surface area contributed by atoms with Crippen molar-refractivity contribution < 1.29 is 4.79 Å². The Morgan fingerprint density at radius 3 is 2.37 bits per heavy atom. The highest BCUT2D eigenvalue weighted by Crippen LogP contribution is 2.33. The number of carbonyl (C=O) groups excluding carboxylic acids is 1. The van der Waals surface area contributed by atoms with Crippen LogP contribution in [0.2, 0.25) is 0 Å². The third kappa shape index (κ3) is 3.20. The van der Waals surface area contributed by atoms with Crippen LogP contribution in [0.1, 0.15) is 16.1 Å². The molecule has 2 heterocycles. The minimum absolute atomic E-state index is 0.435. The summed E-state index contributed by atoms with van der Waals surface area (Å²) in [5.74, 6) is 0.190. The van der Waals surface area contributed by atoms with Gasteiger partial charge in [-0.1, -0.05) is 36.4 Å². The summed E-state index contributed by atoms with van der Waals surface area (Å²) in [5.41, 5.74) is 9.90. The van der Waals surface area contributed by atoms with Gasteiger partial charge in [-0.05, 0) is 43.3 Å². The van der Waals surface area contributed by atoms with Crippen molar-refractivity contribution in [3.05, 3.63) is 84.1 Å². The number of aryl methyl sites for hydroxylation is 1. The topological polar surface area (TPSA) is 85.1 Å². The zero-order valence-electron chi connectivity index (χ0n) is 14.7. The number of hydrogen-bond acceptors (Lipinski definition) is 4. The smallest absolute Gasteiger partial charge is 0.248 e. The Morgan fingerprint density at radius 2 is 1.67 bits per heavy atom. The van der Waals surface area contributed by atoms with Crippen LogP contribution in [0, 0.1) is 6.92 Å². The van der Waals surface area contributed by atoms with E-state index in [1.165, 1.54) is 0 Å². The zero-order chi connectivity index (χ0) is 18.8. The van der Waals surface area contributed by atoms with Crippen molar-refractivity contribution in [2.75, 3.05) is 0 Å². The molecule has 0 spiro atoms. The maximum absolute atomic E-state index is 11.2. The van der Waals surface area contributed by atoms with Crippen LogP contribution in [0.5, 0.6) is 0 Å². The summed E-state index contributed by atoms with van der Waals surface area (Å²) >= 11 is 0. The SMILES string of the molecule is Cc1cccc2nc(-c3ccccc3)c(N=Nc3ccc(C(N)=O)cc3)n12. The minimum atomic E-state index is -0.470. The van der Waals surface area contributed by atoms with Gasteiger partial charge in [0, 0.05) is 16.8 Å². The number of fused-ring (bicyclic) bond motifs is 1. The Balaban J connectivity index is 1.83. The van der Waals surface area contributed by atoms with E-state index in [-0.39, 0.29) is 0 Å². The third-order valence-corrected chi connectivity index (χ3v) is 4.27. The molecule has 2 aromatic carbocycles. The largest absolute Gasteiger partial charge is 0.366 e. The van der Waals surface area contributed by atoms with E-state index < -0.39 is 5.91 Å². The Morgan fingerprint density at radius 1 is 0.926 bits per heavy atom. The van der Waals surface area contributed by atoms with Crippen molar-refractivity contribution in [3.63, 3.8) is 0 Å². The van der Waals surface area contributed by atoms with Gasteiger partial charge in [-0.2, -0.15) is 0 Å². The first-order valence-corrected chi connectivity index (χ1v) is 8.48. The Bertz CT molecular complexity index is 1140. The highest BCUT2D eigenvalue weighted by Gasteiger charge is 2.15. The van der Waals surface area contributed by atoms with Crippen molar-refractivity contribution in [3.8, 4) is 11.3 Å². The first-order valence-electron chi connectivity index (χ1n) is 8.48. The van der Waals surface area contributed by atoms with E-state index in [1.807, 2.05) is 59.9 Å². The fourth-order valence-corrected chi connectivity index (χ4v) is 2.92. The van der Waals surface area contributed by atoms with Gasteiger partial charge in [0.1, 0.15) is 11.3 Å². The lowest BCUT2D eigenvalue weighted by molar-refractivity contribution is 0.100. The molecule has 0 atom stereocenters. The molecule has 6 heteroatoms. The highest BCUT2D eigenvalue weighted by atomic mass is 16.1. The number of pyridine rings is 1. The van der Waals surface area contributed by atoms with Crippen LogP contribution in [0.25, 0.3) is 16.9 Å². The van der Waals surface area contributed by atoms with Gasteiger partial charge in [-0.3, -0.25) is 9.20 Å². The van der Waals surface area contributed by atoms with Crippen molar-refractivity contribution in [1.29, 1.82) is 0 Å². The number of primary amides is 1. The van der Waals surface area contributed by atoms with Crippen molar-refractivity contribution in [1.82, 2.24) is 9.38 Å². The molecule has 132 valence electrons. The lowest BCUT2D eigenvalue weighted by atomic mass is 10.1. The summed E-state index contributed by atoms with van der Waals surface area (Å²) in [7, 11) is 0. The van der Waals surface area contributed by atoms with E-state index in [2.05, 4.69) is 10.2 Å². The van der Waals surface area contributed by atoms with Crippen LogP contribution in [0.4, 0.5) is 11.5 Å². The number of aromatic nitrogens is 2. The predicted octanol–water partition coefficient (Wildman–Crippen LogP) is 4.82. The molecular weight excluding hydrogens is 338 g/mol. The van der Waals surface area contributed by atoms with Crippen LogP contribution in [-0.2, 0) is 0 Å². The molecule has 2 aromatic heterocycles. The summed E-state index contributed by atoms with van der Waals surface area (Å²) in [6.07, 6.45) is 0. The van der Waals surface area contributed by atoms with E-state index in [9.17, 15) is 4.79 Å². The first kappa shape index (κ1) is 16.7. The molecule has 6 nitrogen and oxygen atoms in total. The Kier molecular flexibility index (Phi) is 4.22. The molecule has 0 aliphatic rings. The number of hydrogen-bond donors (Lipinski definition) is 1. The monoisotopic (exact) mass is 355 g/mol.